The predicted octanol–water partition coefficient (Wildman–Crippen LogP) is 4.57. The molecule has 0 unspecified atom stereocenters. The van der Waals surface area contributed by atoms with Crippen molar-refractivity contribution in [2.45, 2.75) is 18.8 Å². The minimum Gasteiger partial charge on any atom is -0.495 e. The van der Waals surface area contributed by atoms with E-state index < -0.39 is 0 Å². The van der Waals surface area contributed by atoms with Gasteiger partial charge in [-0.3, -0.25) is 5.10 Å². The highest BCUT2D eigenvalue weighted by molar-refractivity contribution is 7.15. The molecule has 2 N–H and O–H groups in total. The number of H-pyrrole nitrogens is 1. The summed E-state index contributed by atoms with van der Waals surface area (Å²) in [6.45, 7) is 2.28. The van der Waals surface area contributed by atoms with Crippen molar-refractivity contribution in [3.63, 3.8) is 0 Å². The number of piperidine rings is 1. The van der Waals surface area contributed by atoms with Crippen LogP contribution in [-0.2, 0) is 0 Å². The minimum atomic E-state index is 0.589. The zero-order valence-electron chi connectivity index (χ0n) is 16.0. The van der Waals surface area contributed by atoms with Crippen molar-refractivity contribution in [3.05, 3.63) is 46.8 Å². The Morgan fingerprint density at radius 1 is 1.25 bits per heavy atom. The van der Waals surface area contributed by atoms with Crippen LogP contribution >= 0.6 is 11.3 Å². The van der Waals surface area contributed by atoms with Crippen molar-refractivity contribution in [3.8, 4) is 22.4 Å². The Bertz CT molecular complexity index is 994. The van der Waals surface area contributed by atoms with E-state index in [0.29, 0.717) is 10.8 Å². The van der Waals surface area contributed by atoms with Crippen LogP contribution in [0.2, 0.25) is 0 Å². The first-order chi connectivity index (χ1) is 13.7. The van der Waals surface area contributed by atoms with E-state index in [1.807, 2.05) is 18.2 Å². The lowest BCUT2D eigenvalue weighted by molar-refractivity contribution is 0.255. The Morgan fingerprint density at radius 2 is 2.07 bits per heavy atom. The van der Waals surface area contributed by atoms with Gasteiger partial charge in [-0.15, -0.1) is 11.3 Å². The fraction of sp³-hybridized carbons (Fsp3) is 0.333. The number of ether oxygens (including phenoxy) is 1. The molecule has 7 heteroatoms. The Labute approximate surface area is 168 Å². The molecule has 1 aliphatic rings. The van der Waals surface area contributed by atoms with Crippen LogP contribution in [0.3, 0.4) is 0 Å². The number of nitriles is 1. The Balaban J connectivity index is 1.51. The quantitative estimate of drug-likeness (QED) is 0.664. The number of likely N-dealkylation sites (tertiary alicyclic amines) is 1. The minimum absolute atomic E-state index is 0.589. The van der Waals surface area contributed by atoms with Gasteiger partial charge < -0.3 is 15.0 Å². The van der Waals surface area contributed by atoms with Crippen LogP contribution in [0.1, 0.15) is 29.2 Å². The largest absolute Gasteiger partial charge is 0.495 e. The molecule has 0 saturated carbocycles. The van der Waals surface area contributed by atoms with Crippen molar-refractivity contribution in [1.29, 1.82) is 5.26 Å². The Morgan fingerprint density at radius 3 is 2.79 bits per heavy atom. The molecule has 0 amide bonds. The maximum absolute atomic E-state index is 8.99. The highest BCUT2D eigenvalue weighted by atomic mass is 32.1. The van der Waals surface area contributed by atoms with Crippen LogP contribution in [0.5, 0.6) is 5.75 Å². The molecule has 1 saturated heterocycles. The van der Waals surface area contributed by atoms with E-state index in [0.717, 1.165) is 40.9 Å². The fourth-order valence-corrected chi connectivity index (χ4v) is 4.36. The molecule has 0 atom stereocenters. The second kappa shape index (κ2) is 8.05. The summed E-state index contributed by atoms with van der Waals surface area (Å²) in [5, 5.41) is 19.7. The van der Waals surface area contributed by atoms with Gasteiger partial charge in [-0.1, -0.05) is 6.07 Å². The summed E-state index contributed by atoms with van der Waals surface area (Å²) in [5.74, 6) is 2.20. The molecule has 0 aliphatic carbocycles. The summed E-state index contributed by atoms with van der Waals surface area (Å²) in [5.41, 5.74) is 3.05. The van der Waals surface area contributed by atoms with E-state index in [9.17, 15) is 0 Å². The lowest BCUT2D eigenvalue weighted by Gasteiger charge is -2.29. The summed E-state index contributed by atoms with van der Waals surface area (Å²) in [6, 6.07) is 14.2. The number of anilines is 2. The topological polar surface area (TPSA) is 77.0 Å². The molecule has 1 aliphatic heterocycles. The number of rotatable bonds is 5. The molecular weight excluding hydrogens is 370 g/mol. The molecule has 0 spiro atoms. The van der Waals surface area contributed by atoms with Gasteiger partial charge in [-0.2, -0.15) is 10.4 Å². The number of nitrogens with zero attached hydrogens (tertiary/aromatic N) is 3. The maximum Gasteiger partial charge on any atom is 0.142 e. The summed E-state index contributed by atoms with van der Waals surface area (Å²) in [4.78, 5) is 4.02. The van der Waals surface area contributed by atoms with E-state index in [2.05, 4.69) is 51.7 Å². The number of aromatic nitrogens is 2. The second-order valence-corrected chi connectivity index (χ2v) is 8.19. The number of thiophene rings is 1. The summed E-state index contributed by atoms with van der Waals surface area (Å²) in [6.07, 6.45) is 2.36. The van der Waals surface area contributed by atoms with Gasteiger partial charge in [-0.25, -0.2) is 0 Å². The first-order valence-electron chi connectivity index (χ1n) is 9.35. The number of hydrogen-bond donors (Lipinski definition) is 2. The molecule has 4 rings (SSSR count). The smallest absolute Gasteiger partial charge is 0.142 e. The van der Waals surface area contributed by atoms with Gasteiger partial charge >= 0.3 is 0 Å². The number of methoxy groups -OCH3 is 1. The highest BCUT2D eigenvalue weighted by Gasteiger charge is 2.19. The lowest BCUT2D eigenvalue weighted by atomic mass is 9.89. The SMILES string of the molecule is COc1cc(C2CCN(C)CC2)ccc1Nc1cc(-c2ccc(C#N)s2)n[nH]1. The number of aromatic amines is 1. The van der Waals surface area contributed by atoms with Gasteiger partial charge in [0.15, 0.2) is 0 Å². The molecule has 0 bridgehead atoms. The summed E-state index contributed by atoms with van der Waals surface area (Å²) < 4.78 is 5.64. The molecular formula is C21H23N5OS. The van der Waals surface area contributed by atoms with E-state index in [1.165, 1.54) is 29.7 Å². The molecule has 1 aromatic carbocycles. The third kappa shape index (κ3) is 3.88. The van der Waals surface area contributed by atoms with Gasteiger partial charge in [0.1, 0.15) is 28.2 Å². The van der Waals surface area contributed by atoms with Gasteiger partial charge in [0.25, 0.3) is 0 Å². The van der Waals surface area contributed by atoms with Crippen molar-refractivity contribution < 1.29 is 4.74 Å². The van der Waals surface area contributed by atoms with Crippen LogP contribution in [0.15, 0.2) is 36.4 Å². The first-order valence-corrected chi connectivity index (χ1v) is 10.2. The average molecular weight is 394 g/mol. The second-order valence-electron chi connectivity index (χ2n) is 7.10. The van der Waals surface area contributed by atoms with Crippen molar-refractivity contribution in [1.82, 2.24) is 15.1 Å². The molecule has 2 aromatic heterocycles. The fourth-order valence-electron chi connectivity index (χ4n) is 3.60. The zero-order chi connectivity index (χ0) is 19.5. The molecule has 0 radical (unpaired) electrons. The number of hydrogen-bond acceptors (Lipinski definition) is 6. The average Bonchev–Trinajstić information content (AvgIpc) is 3.38. The third-order valence-electron chi connectivity index (χ3n) is 5.23. The van der Waals surface area contributed by atoms with Crippen LogP contribution in [0, 0.1) is 11.3 Å². The van der Waals surface area contributed by atoms with Gasteiger partial charge in [0.05, 0.1) is 17.7 Å². The summed E-state index contributed by atoms with van der Waals surface area (Å²) in [7, 11) is 3.88. The lowest BCUT2D eigenvalue weighted by Crippen LogP contribution is -2.29. The molecule has 1 fully saturated rings. The van der Waals surface area contributed by atoms with Gasteiger partial charge in [-0.05, 0) is 68.7 Å². The Kier molecular flexibility index (Phi) is 5.33. The van der Waals surface area contributed by atoms with Crippen molar-refractivity contribution in [2.24, 2.45) is 0 Å². The molecule has 3 aromatic rings. The van der Waals surface area contributed by atoms with E-state index in [-0.39, 0.29) is 0 Å². The molecule has 3 heterocycles. The monoisotopic (exact) mass is 393 g/mol. The van der Waals surface area contributed by atoms with Crippen LogP contribution < -0.4 is 10.1 Å². The van der Waals surface area contributed by atoms with E-state index in [4.69, 9.17) is 10.00 Å². The molecule has 28 heavy (non-hydrogen) atoms. The number of benzene rings is 1. The van der Waals surface area contributed by atoms with Gasteiger partial charge in [0, 0.05) is 6.07 Å². The van der Waals surface area contributed by atoms with Crippen LogP contribution in [-0.4, -0.2) is 42.3 Å². The van der Waals surface area contributed by atoms with Crippen LogP contribution in [0.4, 0.5) is 11.5 Å². The first kappa shape index (κ1) is 18.5. The van der Waals surface area contributed by atoms with E-state index >= 15 is 0 Å². The highest BCUT2D eigenvalue weighted by Crippen LogP contribution is 2.35. The normalized spacial score (nSPS) is 15.3. The number of nitrogens with one attached hydrogen (secondary N) is 2. The van der Waals surface area contributed by atoms with Crippen LogP contribution in [0.25, 0.3) is 10.6 Å². The molecule has 6 nitrogen and oxygen atoms in total. The molecule has 144 valence electrons. The van der Waals surface area contributed by atoms with Crippen molar-refractivity contribution >= 4 is 22.8 Å². The standard InChI is InChI=1S/C21H23N5OS/c1-26-9-7-14(8-10-26)15-3-5-17(19(11-15)27-2)23-21-12-18(24-25-21)20-6-4-16(13-22)28-20/h3-6,11-12,14H,7-10H2,1-2H3,(H2,23,24,25). The predicted molar refractivity (Wildman–Crippen MR) is 112 cm³/mol. The van der Waals surface area contributed by atoms with Gasteiger partial charge in [0.2, 0.25) is 0 Å². The summed E-state index contributed by atoms with van der Waals surface area (Å²) >= 11 is 1.43. The zero-order valence-corrected chi connectivity index (χ0v) is 16.8. The third-order valence-corrected chi connectivity index (χ3v) is 6.24. The van der Waals surface area contributed by atoms with Crippen molar-refractivity contribution in [2.75, 3.05) is 32.6 Å². The Hall–Kier alpha value is -2.82. The maximum atomic E-state index is 8.99. The van der Waals surface area contributed by atoms with E-state index in [1.54, 1.807) is 7.11 Å².